The molecular weight excluding hydrogens is 317 g/mol. The van der Waals surface area contributed by atoms with Crippen molar-refractivity contribution in [2.75, 3.05) is 24.6 Å². The molecule has 1 aromatic carbocycles. The Kier molecular flexibility index (Phi) is 3.78. The molecule has 0 amide bonds. The summed E-state index contributed by atoms with van der Waals surface area (Å²) in [5.41, 5.74) is 1.19. The third kappa shape index (κ3) is 2.71. The molecule has 0 aliphatic carbocycles. The summed E-state index contributed by atoms with van der Waals surface area (Å²) in [5.74, 6) is 0.916. The lowest BCUT2D eigenvalue weighted by molar-refractivity contribution is 0.0925. The number of rotatable bonds is 3. The van der Waals surface area contributed by atoms with Crippen molar-refractivity contribution < 1.29 is 8.42 Å². The van der Waals surface area contributed by atoms with Gasteiger partial charge in [0.1, 0.15) is 0 Å². The molecule has 6 heteroatoms. The maximum atomic E-state index is 11.7. The lowest BCUT2D eigenvalue weighted by Crippen LogP contribution is -2.59. The average molecular weight is 334 g/mol. The third-order valence-electron chi connectivity index (χ3n) is 4.59. The van der Waals surface area contributed by atoms with Crippen LogP contribution < -0.4 is 5.32 Å². The van der Waals surface area contributed by atoms with E-state index in [-0.39, 0.29) is 11.3 Å². The molecule has 2 fully saturated rings. The van der Waals surface area contributed by atoms with E-state index in [2.05, 4.69) is 5.32 Å². The van der Waals surface area contributed by atoms with Gasteiger partial charge in [-0.25, -0.2) is 8.42 Å². The Hall–Kier alpha value is -0.290. The van der Waals surface area contributed by atoms with Crippen molar-refractivity contribution in [1.82, 2.24) is 5.32 Å². The summed E-state index contributed by atoms with van der Waals surface area (Å²) in [6, 6.07) is 5.69. The number of benzene rings is 1. The van der Waals surface area contributed by atoms with Crippen molar-refractivity contribution in [3.63, 3.8) is 0 Å². The largest absolute Gasteiger partial charge is 0.315 e. The minimum absolute atomic E-state index is 0.0563. The normalized spacial score (nSPS) is 27.2. The van der Waals surface area contributed by atoms with Crippen LogP contribution in [-0.4, -0.2) is 33.0 Å². The molecule has 1 unspecified atom stereocenters. The van der Waals surface area contributed by atoms with E-state index < -0.39 is 9.84 Å². The van der Waals surface area contributed by atoms with Gasteiger partial charge in [0.05, 0.1) is 21.6 Å². The van der Waals surface area contributed by atoms with Crippen LogP contribution in [0.3, 0.4) is 0 Å². The molecule has 3 nitrogen and oxygen atoms in total. The van der Waals surface area contributed by atoms with Gasteiger partial charge in [-0.05, 0) is 36.5 Å². The molecule has 2 heterocycles. The molecule has 1 N–H and O–H groups in total. The summed E-state index contributed by atoms with van der Waals surface area (Å²) in [6.07, 6.45) is 1.64. The van der Waals surface area contributed by atoms with E-state index in [4.69, 9.17) is 23.2 Å². The van der Waals surface area contributed by atoms with Crippen LogP contribution in [0.4, 0.5) is 0 Å². The van der Waals surface area contributed by atoms with E-state index in [1.807, 2.05) is 18.2 Å². The molecular formula is C14H17Cl2NO2S. The minimum Gasteiger partial charge on any atom is -0.315 e. The van der Waals surface area contributed by atoms with E-state index in [0.717, 1.165) is 31.5 Å². The SMILES string of the molecule is O=S1(=O)CCC(C2(Cc3ccc(Cl)c(Cl)c3)CNC2)C1. The Labute approximate surface area is 129 Å². The monoisotopic (exact) mass is 333 g/mol. The van der Waals surface area contributed by atoms with Gasteiger partial charge in [0, 0.05) is 18.5 Å². The Bertz CT molecular complexity index is 626. The lowest BCUT2D eigenvalue weighted by atomic mass is 9.67. The van der Waals surface area contributed by atoms with Gasteiger partial charge in [0.25, 0.3) is 0 Å². The van der Waals surface area contributed by atoms with Crippen LogP contribution in [-0.2, 0) is 16.3 Å². The van der Waals surface area contributed by atoms with Crippen LogP contribution in [0.25, 0.3) is 0 Å². The molecule has 2 aliphatic rings. The first kappa shape index (κ1) is 14.6. The third-order valence-corrected chi connectivity index (χ3v) is 7.10. The second-order valence-corrected chi connectivity index (χ2v) is 9.03. The van der Waals surface area contributed by atoms with Gasteiger partial charge in [-0.15, -0.1) is 0 Å². The molecule has 20 heavy (non-hydrogen) atoms. The molecule has 0 saturated carbocycles. The first-order chi connectivity index (χ1) is 9.40. The van der Waals surface area contributed by atoms with Crippen LogP contribution in [0.1, 0.15) is 12.0 Å². The molecule has 110 valence electrons. The van der Waals surface area contributed by atoms with Gasteiger partial charge >= 0.3 is 0 Å². The zero-order chi connectivity index (χ0) is 14.4. The quantitative estimate of drug-likeness (QED) is 0.924. The maximum absolute atomic E-state index is 11.7. The first-order valence-electron chi connectivity index (χ1n) is 6.75. The topological polar surface area (TPSA) is 46.2 Å². The van der Waals surface area contributed by atoms with Crippen LogP contribution in [0.15, 0.2) is 18.2 Å². The van der Waals surface area contributed by atoms with Crippen molar-refractivity contribution in [2.24, 2.45) is 11.3 Å². The van der Waals surface area contributed by atoms with Gasteiger partial charge in [0.15, 0.2) is 9.84 Å². The first-order valence-corrected chi connectivity index (χ1v) is 9.33. The van der Waals surface area contributed by atoms with Crippen molar-refractivity contribution in [1.29, 1.82) is 0 Å². The van der Waals surface area contributed by atoms with Crippen molar-refractivity contribution in [2.45, 2.75) is 12.8 Å². The Morgan fingerprint density at radius 3 is 2.50 bits per heavy atom. The number of hydrogen-bond acceptors (Lipinski definition) is 3. The van der Waals surface area contributed by atoms with E-state index in [1.165, 1.54) is 0 Å². The van der Waals surface area contributed by atoms with Crippen molar-refractivity contribution in [3.8, 4) is 0 Å². The highest BCUT2D eigenvalue weighted by Crippen LogP contribution is 2.42. The van der Waals surface area contributed by atoms with Crippen molar-refractivity contribution >= 4 is 33.0 Å². The number of hydrogen-bond donors (Lipinski definition) is 1. The second kappa shape index (κ2) is 5.16. The van der Waals surface area contributed by atoms with Crippen LogP contribution in [0.5, 0.6) is 0 Å². The highest BCUT2D eigenvalue weighted by atomic mass is 35.5. The van der Waals surface area contributed by atoms with Gasteiger partial charge in [-0.2, -0.15) is 0 Å². The van der Waals surface area contributed by atoms with Crippen LogP contribution in [0.2, 0.25) is 10.0 Å². The minimum atomic E-state index is -2.84. The summed E-state index contributed by atoms with van der Waals surface area (Å²) in [4.78, 5) is 0. The smallest absolute Gasteiger partial charge is 0.150 e. The fourth-order valence-electron chi connectivity index (χ4n) is 3.34. The number of sulfone groups is 1. The Balaban J connectivity index is 1.81. The lowest BCUT2D eigenvalue weighted by Gasteiger charge is -2.47. The molecule has 2 saturated heterocycles. The van der Waals surface area contributed by atoms with Crippen LogP contribution in [0, 0.1) is 11.3 Å². The molecule has 0 radical (unpaired) electrons. The zero-order valence-corrected chi connectivity index (χ0v) is 13.4. The second-order valence-electron chi connectivity index (χ2n) is 5.99. The zero-order valence-electron chi connectivity index (χ0n) is 11.0. The summed E-state index contributed by atoms with van der Waals surface area (Å²) < 4.78 is 23.4. The van der Waals surface area contributed by atoms with Gasteiger partial charge in [-0.3, -0.25) is 0 Å². The highest BCUT2D eigenvalue weighted by molar-refractivity contribution is 7.91. The molecule has 3 rings (SSSR count). The molecule has 0 bridgehead atoms. The summed E-state index contributed by atoms with van der Waals surface area (Å²) in [7, 11) is -2.84. The van der Waals surface area contributed by atoms with E-state index in [9.17, 15) is 8.42 Å². The summed E-state index contributed by atoms with van der Waals surface area (Å²) >= 11 is 12.0. The molecule has 0 aromatic heterocycles. The predicted octanol–water partition coefficient (Wildman–Crippen LogP) is 2.56. The number of halogens is 2. The van der Waals surface area contributed by atoms with Crippen LogP contribution >= 0.6 is 23.2 Å². The van der Waals surface area contributed by atoms with Crippen molar-refractivity contribution in [3.05, 3.63) is 33.8 Å². The van der Waals surface area contributed by atoms with E-state index in [1.54, 1.807) is 0 Å². The van der Waals surface area contributed by atoms with E-state index in [0.29, 0.717) is 21.6 Å². The summed E-state index contributed by atoms with van der Waals surface area (Å²) in [6.45, 7) is 1.76. The number of nitrogens with one attached hydrogen (secondary N) is 1. The Morgan fingerprint density at radius 2 is 2.00 bits per heavy atom. The fraction of sp³-hybridized carbons (Fsp3) is 0.571. The maximum Gasteiger partial charge on any atom is 0.150 e. The standard InChI is InChI=1S/C14H17Cl2NO2S/c15-12-2-1-10(5-13(12)16)6-14(8-17-9-14)11-3-4-20(18,19)7-11/h1-2,5,11,17H,3-4,6-9H2. The Morgan fingerprint density at radius 1 is 1.25 bits per heavy atom. The van der Waals surface area contributed by atoms with Gasteiger partial charge < -0.3 is 5.32 Å². The van der Waals surface area contributed by atoms with Gasteiger partial charge in [0.2, 0.25) is 0 Å². The molecule has 2 aliphatic heterocycles. The van der Waals surface area contributed by atoms with E-state index >= 15 is 0 Å². The average Bonchev–Trinajstić information content (AvgIpc) is 2.69. The summed E-state index contributed by atoms with van der Waals surface area (Å²) in [5, 5.41) is 4.41. The molecule has 1 aromatic rings. The predicted molar refractivity (Wildman–Crippen MR) is 82.2 cm³/mol. The highest BCUT2D eigenvalue weighted by Gasteiger charge is 2.48. The molecule has 1 atom stereocenters. The molecule has 0 spiro atoms. The van der Waals surface area contributed by atoms with Gasteiger partial charge in [-0.1, -0.05) is 29.3 Å². The fourth-order valence-corrected chi connectivity index (χ4v) is 5.60.